The number of hydrogen-bond acceptors (Lipinski definition) is 6. The van der Waals surface area contributed by atoms with Crippen molar-refractivity contribution < 1.29 is 4.42 Å². The molecule has 0 radical (unpaired) electrons. The first-order valence-electron chi connectivity index (χ1n) is 19.2. The Balaban J connectivity index is 1.01. The number of allylic oxidation sites excluding steroid dienone is 2. The summed E-state index contributed by atoms with van der Waals surface area (Å²) in [5, 5.41) is 3.32. The van der Waals surface area contributed by atoms with E-state index in [1.807, 2.05) is 12.1 Å². The first-order valence-corrected chi connectivity index (χ1v) is 19.2. The van der Waals surface area contributed by atoms with Crippen LogP contribution in [-0.2, 0) is 0 Å². The average Bonchev–Trinajstić information content (AvgIpc) is 3.91. The number of nitrogens with zero attached hydrogens (tertiary/aromatic N) is 5. The van der Waals surface area contributed by atoms with Gasteiger partial charge in [0.05, 0.1) is 45.6 Å². The van der Waals surface area contributed by atoms with Gasteiger partial charge in [-0.3, -0.25) is 0 Å². The molecular weight excluding hydrogens is 687 g/mol. The molecule has 6 heteroatoms. The van der Waals surface area contributed by atoms with Crippen molar-refractivity contribution in [2.45, 2.75) is 12.0 Å². The molecule has 0 fully saturated rings. The van der Waals surface area contributed by atoms with Crippen molar-refractivity contribution in [1.82, 2.24) is 9.97 Å². The molecule has 0 N–H and O–H groups in total. The van der Waals surface area contributed by atoms with E-state index < -0.39 is 0 Å². The average molecular weight is 718 g/mol. The summed E-state index contributed by atoms with van der Waals surface area (Å²) >= 11 is 0. The minimum absolute atomic E-state index is 0.0211. The fraction of sp³-hybridized carbons (Fsp3) is 0.0400. The van der Waals surface area contributed by atoms with Crippen LogP contribution in [0.3, 0.4) is 0 Å². The Morgan fingerprint density at radius 2 is 1.23 bits per heavy atom. The second-order valence-corrected chi connectivity index (χ2v) is 14.9. The fourth-order valence-corrected chi connectivity index (χ4v) is 9.84. The van der Waals surface area contributed by atoms with E-state index in [-0.39, 0.29) is 12.0 Å². The molecule has 0 bridgehead atoms. The number of aromatic nitrogens is 2. The SMILES string of the molecule is C1=C2c3ccccc3N(c3nc4c5c(cccc5n3)N(c3ccccc3)c3ccccc3-4)C2C2C(=C1)N(c1ccc3c(c1)oc1ccccc13)c1ccccc12. The van der Waals surface area contributed by atoms with Crippen LogP contribution >= 0.6 is 0 Å². The molecule has 2 atom stereocenters. The third kappa shape index (κ3) is 3.94. The number of rotatable bonds is 3. The Morgan fingerprint density at radius 3 is 2.14 bits per heavy atom. The molecule has 1 aliphatic carbocycles. The highest BCUT2D eigenvalue weighted by Gasteiger charge is 2.50. The van der Waals surface area contributed by atoms with Crippen LogP contribution in [0.2, 0.25) is 0 Å². The first kappa shape index (κ1) is 29.9. The van der Waals surface area contributed by atoms with Crippen LogP contribution in [0.4, 0.5) is 40.1 Å². The van der Waals surface area contributed by atoms with E-state index in [1.54, 1.807) is 0 Å². The molecule has 2 aromatic heterocycles. The van der Waals surface area contributed by atoms with Gasteiger partial charge in [0.2, 0.25) is 5.95 Å². The molecule has 9 aromatic rings. The Morgan fingerprint density at radius 1 is 0.500 bits per heavy atom. The highest BCUT2D eigenvalue weighted by Crippen LogP contribution is 2.59. The molecule has 4 aliphatic rings. The van der Waals surface area contributed by atoms with Gasteiger partial charge in [-0.25, -0.2) is 9.97 Å². The first-order chi connectivity index (χ1) is 27.8. The summed E-state index contributed by atoms with van der Waals surface area (Å²) in [6.45, 7) is 0. The van der Waals surface area contributed by atoms with Gasteiger partial charge in [-0.05, 0) is 77.9 Å². The van der Waals surface area contributed by atoms with Crippen molar-refractivity contribution in [1.29, 1.82) is 0 Å². The van der Waals surface area contributed by atoms with Crippen molar-refractivity contribution >= 4 is 78.5 Å². The van der Waals surface area contributed by atoms with E-state index in [2.05, 4.69) is 179 Å². The minimum Gasteiger partial charge on any atom is -0.456 e. The maximum absolute atomic E-state index is 6.40. The zero-order valence-electron chi connectivity index (χ0n) is 30.0. The van der Waals surface area contributed by atoms with Crippen molar-refractivity contribution in [3.63, 3.8) is 0 Å². The summed E-state index contributed by atoms with van der Waals surface area (Å²) in [6.07, 6.45) is 4.65. The zero-order valence-corrected chi connectivity index (χ0v) is 30.0. The number of para-hydroxylation sites is 5. The van der Waals surface area contributed by atoms with Crippen molar-refractivity contribution in [3.05, 3.63) is 193 Å². The van der Waals surface area contributed by atoms with Crippen LogP contribution in [0, 0.1) is 0 Å². The molecule has 5 heterocycles. The van der Waals surface area contributed by atoms with E-state index in [4.69, 9.17) is 14.4 Å². The quantitative estimate of drug-likeness (QED) is 0.181. The summed E-state index contributed by atoms with van der Waals surface area (Å²) < 4.78 is 6.40. The highest BCUT2D eigenvalue weighted by molar-refractivity contribution is 6.12. The van der Waals surface area contributed by atoms with Gasteiger partial charge in [-0.2, -0.15) is 0 Å². The van der Waals surface area contributed by atoms with Gasteiger partial charge < -0.3 is 19.1 Å². The van der Waals surface area contributed by atoms with E-state index >= 15 is 0 Å². The fourth-order valence-electron chi connectivity index (χ4n) is 9.84. The molecule has 0 saturated heterocycles. The molecular formula is C50H31N5O. The van der Waals surface area contributed by atoms with Crippen LogP contribution in [0.5, 0.6) is 0 Å². The maximum Gasteiger partial charge on any atom is 0.231 e. The van der Waals surface area contributed by atoms with E-state index in [9.17, 15) is 0 Å². The molecule has 0 saturated carbocycles. The number of anilines is 7. The summed E-state index contributed by atoms with van der Waals surface area (Å²) in [5.74, 6) is 0.724. The van der Waals surface area contributed by atoms with Crippen LogP contribution in [-0.4, -0.2) is 16.0 Å². The molecule has 3 aliphatic heterocycles. The van der Waals surface area contributed by atoms with Gasteiger partial charge in [-0.1, -0.05) is 103 Å². The molecule has 262 valence electrons. The van der Waals surface area contributed by atoms with Gasteiger partial charge >= 0.3 is 0 Å². The van der Waals surface area contributed by atoms with E-state index in [0.29, 0.717) is 5.95 Å². The lowest BCUT2D eigenvalue weighted by Crippen LogP contribution is -2.36. The van der Waals surface area contributed by atoms with Crippen LogP contribution < -0.4 is 14.7 Å². The molecule has 2 unspecified atom stereocenters. The van der Waals surface area contributed by atoms with E-state index in [0.717, 1.165) is 72.5 Å². The van der Waals surface area contributed by atoms with Crippen molar-refractivity contribution in [3.8, 4) is 11.3 Å². The smallest absolute Gasteiger partial charge is 0.231 e. The lowest BCUT2D eigenvalue weighted by atomic mass is 9.82. The van der Waals surface area contributed by atoms with Crippen LogP contribution in [0.15, 0.2) is 186 Å². The minimum atomic E-state index is -0.0685. The van der Waals surface area contributed by atoms with Gasteiger partial charge in [0.25, 0.3) is 0 Å². The Hall–Kier alpha value is -7.44. The third-order valence-electron chi connectivity index (χ3n) is 12.1. The molecule has 0 amide bonds. The standard InChI is InChI=1S/C50H31N5O/c1-2-13-30(14-3-1)53-41-22-10-6-18-37(41)48-47-38(19-12-23-42(47)53)51-50(52-48)55-39-20-8-4-15-32(39)35-27-28-43-46(49(35)55)36-17-5-9-21-40(36)54(43)31-25-26-34-33-16-7-11-24-44(33)56-45(34)29-31/h1-29,46,49H. The second-order valence-electron chi connectivity index (χ2n) is 14.9. The summed E-state index contributed by atoms with van der Waals surface area (Å²) in [7, 11) is 0. The Labute approximate surface area is 322 Å². The van der Waals surface area contributed by atoms with Crippen molar-refractivity contribution in [2.24, 2.45) is 0 Å². The van der Waals surface area contributed by atoms with Gasteiger partial charge in [-0.15, -0.1) is 0 Å². The molecule has 13 rings (SSSR count). The molecule has 0 spiro atoms. The molecule has 6 nitrogen and oxygen atoms in total. The Kier molecular flexibility index (Phi) is 5.91. The topological polar surface area (TPSA) is 48.6 Å². The van der Waals surface area contributed by atoms with Crippen LogP contribution in [0.1, 0.15) is 17.0 Å². The van der Waals surface area contributed by atoms with Crippen molar-refractivity contribution in [2.75, 3.05) is 14.7 Å². The van der Waals surface area contributed by atoms with Gasteiger partial charge in [0, 0.05) is 50.7 Å². The summed E-state index contributed by atoms with van der Waals surface area (Å²) in [6, 6.07) is 58.1. The van der Waals surface area contributed by atoms with Gasteiger partial charge in [0.1, 0.15) is 11.2 Å². The summed E-state index contributed by atoms with van der Waals surface area (Å²) in [4.78, 5) is 18.2. The Bertz CT molecular complexity index is 3200. The monoisotopic (exact) mass is 717 g/mol. The number of benzene rings is 7. The van der Waals surface area contributed by atoms with E-state index in [1.165, 1.54) is 28.1 Å². The maximum atomic E-state index is 6.40. The number of fused-ring (bicyclic) bond motifs is 12. The van der Waals surface area contributed by atoms with Gasteiger partial charge in [0.15, 0.2) is 0 Å². The highest BCUT2D eigenvalue weighted by atomic mass is 16.3. The second kappa shape index (κ2) is 11.1. The predicted octanol–water partition coefficient (Wildman–Crippen LogP) is 12.7. The zero-order chi connectivity index (χ0) is 36.5. The lowest BCUT2D eigenvalue weighted by Gasteiger charge is -2.36. The number of furan rings is 1. The largest absolute Gasteiger partial charge is 0.456 e. The number of hydrogen-bond donors (Lipinski definition) is 0. The third-order valence-corrected chi connectivity index (χ3v) is 12.1. The normalized spacial score (nSPS) is 17.4. The van der Waals surface area contributed by atoms with Crippen LogP contribution in [0.25, 0.3) is 49.7 Å². The predicted molar refractivity (Wildman–Crippen MR) is 227 cm³/mol. The lowest BCUT2D eigenvalue weighted by molar-refractivity contribution is 0.668. The summed E-state index contributed by atoms with van der Waals surface area (Å²) in [5.41, 5.74) is 16.4. The molecule has 7 aromatic carbocycles. The molecule has 56 heavy (non-hydrogen) atoms.